The van der Waals surface area contributed by atoms with Crippen molar-refractivity contribution in [3.05, 3.63) is 41.2 Å². The molecule has 0 spiro atoms. The zero-order valence-electron chi connectivity index (χ0n) is 11.2. The maximum absolute atomic E-state index is 11.7. The van der Waals surface area contributed by atoms with Crippen molar-refractivity contribution < 1.29 is 9.53 Å². The maximum atomic E-state index is 11.7. The van der Waals surface area contributed by atoms with Gasteiger partial charge in [-0.2, -0.15) is 5.10 Å². The highest BCUT2D eigenvalue weighted by Crippen LogP contribution is 2.23. The van der Waals surface area contributed by atoms with Gasteiger partial charge in [0.15, 0.2) is 0 Å². The Labute approximate surface area is 119 Å². The average Bonchev–Trinajstić information content (AvgIpc) is 3.11. The van der Waals surface area contributed by atoms with Crippen LogP contribution in [-0.2, 0) is 11.2 Å². The van der Waals surface area contributed by atoms with Crippen LogP contribution in [0.1, 0.15) is 23.0 Å². The molecule has 0 radical (unpaired) electrons. The van der Waals surface area contributed by atoms with E-state index in [1.807, 2.05) is 30.6 Å². The average molecular weight is 287 g/mol. The first-order chi connectivity index (χ1) is 9.74. The van der Waals surface area contributed by atoms with Crippen LogP contribution in [0, 0.1) is 0 Å². The van der Waals surface area contributed by atoms with Gasteiger partial charge in [0.05, 0.1) is 40.4 Å². The molecule has 102 valence electrons. The molecule has 0 N–H and O–H groups in total. The van der Waals surface area contributed by atoms with E-state index in [0.29, 0.717) is 12.0 Å². The normalized spacial score (nSPS) is 10.9. The number of carbonyl (C=O) groups is 1. The molecule has 2 aromatic heterocycles. The van der Waals surface area contributed by atoms with Gasteiger partial charge in [-0.1, -0.05) is 6.92 Å². The number of fused-ring (bicyclic) bond motifs is 1. The molecular weight excluding hydrogens is 274 g/mol. The van der Waals surface area contributed by atoms with E-state index in [2.05, 4.69) is 10.1 Å². The second kappa shape index (κ2) is 5.05. The third kappa shape index (κ3) is 1.98. The summed E-state index contributed by atoms with van der Waals surface area (Å²) >= 11 is 1.60. The number of carbonyl (C=O) groups excluding carboxylic acids is 1. The highest BCUT2D eigenvalue weighted by molar-refractivity contribution is 7.16. The number of methoxy groups -OCH3 is 1. The van der Waals surface area contributed by atoms with Gasteiger partial charge >= 0.3 is 5.97 Å². The molecule has 0 saturated carbocycles. The van der Waals surface area contributed by atoms with E-state index < -0.39 is 0 Å². The quantitative estimate of drug-likeness (QED) is 0.695. The zero-order valence-corrected chi connectivity index (χ0v) is 12.0. The van der Waals surface area contributed by atoms with E-state index in [1.54, 1.807) is 22.2 Å². The van der Waals surface area contributed by atoms with Crippen LogP contribution < -0.4 is 0 Å². The fourth-order valence-electron chi connectivity index (χ4n) is 2.19. The molecular formula is C14H13N3O2S. The number of aromatic nitrogens is 3. The number of hydrogen-bond acceptors (Lipinski definition) is 5. The molecule has 3 rings (SSSR count). The van der Waals surface area contributed by atoms with Crippen molar-refractivity contribution in [1.29, 1.82) is 0 Å². The molecule has 0 unspecified atom stereocenters. The number of thiazole rings is 1. The lowest BCUT2D eigenvalue weighted by Crippen LogP contribution is -2.07. The SMILES string of the molecule is CCc1c(C(=O)OC)cnn1-c1ccc2scnc2c1. The summed E-state index contributed by atoms with van der Waals surface area (Å²) in [6, 6.07) is 5.97. The first kappa shape index (κ1) is 12.8. The zero-order chi connectivity index (χ0) is 14.1. The molecule has 0 bridgehead atoms. The van der Waals surface area contributed by atoms with Crippen LogP contribution in [-0.4, -0.2) is 27.8 Å². The first-order valence-electron chi connectivity index (χ1n) is 6.23. The minimum Gasteiger partial charge on any atom is -0.465 e. The van der Waals surface area contributed by atoms with Gasteiger partial charge in [-0.25, -0.2) is 14.5 Å². The molecule has 6 heteroatoms. The van der Waals surface area contributed by atoms with E-state index in [1.165, 1.54) is 7.11 Å². The van der Waals surface area contributed by atoms with Gasteiger partial charge in [-0.3, -0.25) is 0 Å². The van der Waals surface area contributed by atoms with Crippen LogP contribution in [0.4, 0.5) is 0 Å². The first-order valence-corrected chi connectivity index (χ1v) is 7.11. The number of hydrogen-bond donors (Lipinski definition) is 0. The molecule has 20 heavy (non-hydrogen) atoms. The Morgan fingerprint density at radius 2 is 2.30 bits per heavy atom. The van der Waals surface area contributed by atoms with Crippen molar-refractivity contribution in [2.75, 3.05) is 7.11 Å². The van der Waals surface area contributed by atoms with Crippen molar-refractivity contribution in [2.45, 2.75) is 13.3 Å². The summed E-state index contributed by atoms with van der Waals surface area (Å²) in [7, 11) is 1.38. The predicted molar refractivity (Wildman–Crippen MR) is 77.5 cm³/mol. The Morgan fingerprint density at radius 3 is 3.05 bits per heavy atom. The molecule has 3 aromatic rings. The highest BCUT2D eigenvalue weighted by Gasteiger charge is 2.17. The smallest absolute Gasteiger partial charge is 0.341 e. The number of esters is 1. The van der Waals surface area contributed by atoms with E-state index in [9.17, 15) is 4.79 Å². The number of nitrogens with zero attached hydrogens (tertiary/aromatic N) is 3. The molecule has 5 nitrogen and oxygen atoms in total. The number of ether oxygens (including phenoxy) is 1. The van der Waals surface area contributed by atoms with Crippen LogP contribution >= 0.6 is 11.3 Å². The topological polar surface area (TPSA) is 57.0 Å². The lowest BCUT2D eigenvalue weighted by Gasteiger charge is -2.07. The molecule has 0 saturated heterocycles. The molecule has 1 aromatic carbocycles. The van der Waals surface area contributed by atoms with Crippen molar-refractivity contribution in [2.24, 2.45) is 0 Å². The number of rotatable bonds is 3. The lowest BCUT2D eigenvalue weighted by atomic mass is 10.2. The fourth-order valence-corrected chi connectivity index (χ4v) is 2.85. The van der Waals surface area contributed by atoms with Gasteiger partial charge in [0.2, 0.25) is 0 Å². The van der Waals surface area contributed by atoms with Crippen molar-refractivity contribution in [3.63, 3.8) is 0 Å². The minimum atomic E-state index is -0.358. The van der Waals surface area contributed by atoms with Crippen molar-refractivity contribution in [1.82, 2.24) is 14.8 Å². The van der Waals surface area contributed by atoms with Gasteiger partial charge in [-0.15, -0.1) is 11.3 Å². The second-order valence-electron chi connectivity index (χ2n) is 4.27. The molecule has 0 atom stereocenters. The summed E-state index contributed by atoms with van der Waals surface area (Å²) in [6.45, 7) is 1.99. The van der Waals surface area contributed by atoms with E-state index >= 15 is 0 Å². The van der Waals surface area contributed by atoms with E-state index in [4.69, 9.17) is 4.74 Å². The number of benzene rings is 1. The van der Waals surface area contributed by atoms with Crippen LogP contribution in [0.2, 0.25) is 0 Å². The van der Waals surface area contributed by atoms with Gasteiger partial charge in [0, 0.05) is 0 Å². The molecule has 0 aliphatic heterocycles. The second-order valence-corrected chi connectivity index (χ2v) is 5.15. The molecule has 0 aliphatic rings. The summed E-state index contributed by atoms with van der Waals surface area (Å²) < 4.78 is 7.68. The molecule has 0 amide bonds. The monoisotopic (exact) mass is 287 g/mol. The molecule has 0 aliphatic carbocycles. The van der Waals surface area contributed by atoms with Crippen LogP contribution in [0.3, 0.4) is 0 Å². The van der Waals surface area contributed by atoms with Crippen LogP contribution in [0.5, 0.6) is 0 Å². The Kier molecular flexibility index (Phi) is 3.23. The van der Waals surface area contributed by atoms with E-state index in [-0.39, 0.29) is 5.97 Å². The summed E-state index contributed by atoms with van der Waals surface area (Å²) in [5.41, 5.74) is 5.00. The van der Waals surface area contributed by atoms with Crippen LogP contribution in [0.25, 0.3) is 15.9 Å². The Bertz CT molecular complexity index is 776. The fraction of sp³-hybridized carbons (Fsp3) is 0.214. The summed E-state index contributed by atoms with van der Waals surface area (Å²) in [5, 5.41) is 4.31. The predicted octanol–water partition coefficient (Wildman–Crippen LogP) is 2.83. The van der Waals surface area contributed by atoms with Crippen molar-refractivity contribution in [3.8, 4) is 5.69 Å². The Balaban J connectivity index is 2.13. The molecule has 2 heterocycles. The van der Waals surface area contributed by atoms with Gasteiger partial charge < -0.3 is 4.74 Å². The molecule has 0 fully saturated rings. The highest BCUT2D eigenvalue weighted by atomic mass is 32.1. The van der Waals surface area contributed by atoms with E-state index in [0.717, 1.165) is 21.6 Å². The third-order valence-corrected chi connectivity index (χ3v) is 3.98. The summed E-state index contributed by atoms with van der Waals surface area (Å²) in [5.74, 6) is -0.358. The summed E-state index contributed by atoms with van der Waals surface area (Å²) in [4.78, 5) is 16.0. The Morgan fingerprint density at radius 1 is 1.45 bits per heavy atom. The Hall–Kier alpha value is -2.21. The third-order valence-electron chi connectivity index (χ3n) is 3.17. The van der Waals surface area contributed by atoms with Crippen LogP contribution in [0.15, 0.2) is 29.9 Å². The maximum Gasteiger partial charge on any atom is 0.341 e. The van der Waals surface area contributed by atoms with Crippen molar-refractivity contribution >= 4 is 27.5 Å². The summed E-state index contributed by atoms with van der Waals surface area (Å²) in [6.07, 6.45) is 2.25. The van der Waals surface area contributed by atoms with Gasteiger partial charge in [-0.05, 0) is 24.6 Å². The van der Waals surface area contributed by atoms with Gasteiger partial charge in [0.25, 0.3) is 0 Å². The standard InChI is InChI=1S/C14H13N3O2S/c1-3-12-10(14(18)19-2)7-16-17(12)9-4-5-13-11(6-9)15-8-20-13/h4-8H,3H2,1-2H3. The lowest BCUT2D eigenvalue weighted by molar-refractivity contribution is 0.0599. The van der Waals surface area contributed by atoms with Gasteiger partial charge in [0.1, 0.15) is 5.56 Å². The minimum absolute atomic E-state index is 0.358. The largest absolute Gasteiger partial charge is 0.465 e.